The highest BCUT2D eigenvalue weighted by Gasteiger charge is 2.41. The summed E-state index contributed by atoms with van der Waals surface area (Å²) in [5, 5.41) is 6.22. The van der Waals surface area contributed by atoms with Crippen LogP contribution in [0.15, 0.2) is 36.4 Å². The molecule has 8 heteroatoms. The number of anilines is 2. The van der Waals surface area contributed by atoms with Gasteiger partial charge in [0.05, 0.1) is 5.69 Å². The van der Waals surface area contributed by atoms with Crippen LogP contribution in [0.2, 0.25) is 0 Å². The third-order valence-electron chi connectivity index (χ3n) is 5.69. The molecule has 2 aliphatic rings. The van der Waals surface area contributed by atoms with Crippen molar-refractivity contribution in [2.75, 3.05) is 24.1 Å². The predicted octanol–water partition coefficient (Wildman–Crippen LogP) is 3.29. The molecule has 0 aliphatic carbocycles. The smallest absolute Gasteiger partial charge is 0.317 e. The summed E-state index contributed by atoms with van der Waals surface area (Å²) in [7, 11) is 0. The van der Waals surface area contributed by atoms with Crippen LogP contribution in [-0.2, 0) is 6.54 Å². The summed E-state index contributed by atoms with van der Waals surface area (Å²) in [6.45, 7) is 1.24. The van der Waals surface area contributed by atoms with Crippen LogP contribution in [-0.4, -0.2) is 35.3 Å². The Morgan fingerprint density at radius 1 is 1.17 bits per heavy atom. The first-order chi connectivity index (χ1) is 13.8. The average molecular weight is 400 g/mol. The van der Waals surface area contributed by atoms with Gasteiger partial charge in [-0.3, -0.25) is 4.79 Å². The Labute approximate surface area is 167 Å². The normalized spacial score (nSPS) is 17.6. The predicted molar refractivity (Wildman–Crippen MR) is 106 cm³/mol. The Morgan fingerprint density at radius 2 is 1.93 bits per heavy atom. The second kappa shape index (κ2) is 7.35. The number of halogens is 2. The quantitative estimate of drug-likeness (QED) is 0.675. The highest BCUT2D eigenvalue weighted by molar-refractivity contribution is 6.04. The fourth-order valence-electron chi connectivity index (χ4n) is 4.02. The van der Waals surface area contributed by atoms with Crippen molar-refractivity contribution in [3.05, 3.63) is 59.2 Å². The van der Waals surface area contributed by atoms with E-state index in [1.54, 1.807) is 17.0 Å². The van der Waals surface area contributed by atoms with Crippen LogP contribution in [0.25, 0.3) is 0 Å². The summed E-state index contributed by atoms with van der Waals surface area (Å²) in [5.41, 5.74) is 6.93. The van der Waals surface area contributed by atoms with Gasteiger partial charge in [-0.05, 0) is 48.7 Å². The largest absolute Gasteiger partial charge is 0.396 e. The molecule has 152 valence electrons. The van der Waals surface area contributed by atoms with Gasteiger partial charge in [0.25, 0.3) is 0 Å². The molecular formula is C21H22F2N4O2. The van der Waals surface area contributed by atoms with Crippen LogP contribution < -0.4 is 16.4 Å². The molecule has 0 unspecified atom stereocenters. The molecule has 4 rings (SSSR count). The topological polar surface area (TPSA) is 87.5 Å². The summed E-state index contributed by atoms with van der Waals surface area (Å²) in [6, 6.07) is 8.33. The van der Waals surface area contributed by atoms with E-state index in [9.17, 15) is 18.4 Å². The number of nitrogen functional groups attached to an aromatic ring is 1. The van der Waals surface area contributed by atoms with E-state index >= 15 is 0 Å². The Bertz CT molecular complexity index is 971. The third kappa shape index (κ3) is 3.87. The van der Waals surface area contributed by atoms with Crippen LogP contribution in [0.4, 0.5) is 25.0 Å². The van der Waals surface area contributed by atoms with Crippen molar-refractivity contribution >= 4 is 23.2 Å². The zero-order valence-corrected chi connectivity index (χ0v) is 15.8. The molecule has 6 nitrogen and oxygen atoms in total. The Balaban J connectivity index is 1.35. The van der Waals surface area contributed by atoms with Gasteiger partial charge >= 0.3 is 6.03 Å². The van der Waals surface area contributed by atoms with Gasteiger partial charge in [0, 0.05) is 42.8 Å². The molecule has 0 saturated carbocycles. The Kier molecular flexibility index (Phi) is 4.86. The van der Waals surface area contributed by atoms with Gasteiger partial charge in [-0.15, -0.1) is 0 Å². The zero-order chi connectivity index (χ0) is 20.6. The minimum Gasteiger partial charge on any atom is -0.396 e. The molecule has 2 amide bonds. The maximum atomic E-state index is 13.4. The van der Waals surface area contributed by atoms with Gasteiger partial charge in [-0.2, -0.15) is 0 Å². The fourth-order valence-corrected chi connectivity index (χ4v) is 4.02. The van der Waals surface area contributed by atoms with Crippen molar-refractivity contribution in [1.29, 1.82) is 0 Å². The minimum atomic E-state index is -0.486. The number of likely N-dealkylation sites (tertiary alicyclic amines) is 1. The van der Waals surface area contributed by atoms with Crippen molar-refractivity contribution in [1.82, 2.24) is 10.2 Å². The number of nitrogens with two attached hydrogens (primary N) is 1. The lowest BCUT2D eigenvalue weighted by atomic mass is 9.78. The van der Waals surface area contributed by atoms with Crippen LogP contribution >= 0.6 is 0 Å². The highest BCUT2D eigenvalue weighted by Crippen LogP contribution is 2.37. The number of ketones is 1. The molecule has 2 aromatic rings. The highest BCUT2D eigenvalue weighted by atomic mass is 19.1. The molecule has 0 bridgehead atoms. The number of rotatable bonds is 2. The SMILES string of the molecule is Nc1cc(CNC(=O)N2CCC3(CC2)CC(=O)c2cc(F)ccc2N3)ccc1F. The Morgan fingerprint density at radius 3 is 2.66 bits per heavy atom. The van der Waals surface area contributed by atoms with Crippen molar-refractivity contribution in [2.45, 2.75) is 31.3 Å². The van der Waals surface area contributed by atoms with E-state index in [2.05, 4.69) is 10.6 Å². The van der Waals surface area contributed by atoms with Gasteiger partial charge in [0.2, 0.25) is 0 Å². The van der Waals surface area contributed by atoms with Gasteiger partial charge in [-0.1, -0.05) is 6.07 Å². The summed E-state index contributed by atoms with van der Waals surface area (Å²) in [5.74, 6) is -0.991. The first-order valence-electron chi connectivity index (χ1n) is 9.53. The van der Waals surface area contributed by atoms with Crippen LogP contribution in [0.3, 0.4) is 0 Å². The van der Waals surface area contributed by atoms with Crippen LogP contribution in [0.1, 0.15) is 35.2 Å². The number of urea groups is 1. The summed E-state index contributed by atoms with van der Waals surface area (Å²) in [6.07, 6.45) is 1.52. The van der Waals surface area contributed by atoms with Crippen molar-refractivity contribution in [2.24, 2.45) is 0 Å². The van der Waals surface area contributed by atoms with E-state index < -0.39 is 17.2 Å². The second-order valence-electron chi connectivity index (χ2n) is 7.70. The minimum absolute atomic E-state index is 0.0462. The molecule has 0 aromatic heterocycles. The fraction of sp³-hybridized carbons (Fsp3) is 0.333. The number of hydrogen-bond donors (Lipinski definition) is 3. The van der Waals surface area contributed by atoms with E-state index in [0.717, 1.165) is 0 Å². The van der Waals surface area contributed by atoms with E-state index in [4.69, 9.17) is 5.73 Å². The van der Waals surface area contributed by atoms with Gasteiger partial charge < -0.3 is 21.3 Å². The molecule has 1 fully saturated rings. The lowest BCUT2D eigenvalue weighted by Crippen LogP contribution is -2.55. The molecule has 0 atom stereocenters. The number of carbonyl (C=O) groups excluding carboxylic acids is 2. The molecule has 4 N–H and O–H groups in total. The number of fused-ring (bicyclic) bond motifs is 1. The summed E-state index contributed by atoms with van der Waals surface area (Å²) in [4.78, 5) is 26.7. The van der Waals surface area contributed by atoms with E-state index in [-0.39, 0.29) is 30.5 Å². The molecule has 2 heterocycles. The maximum Gasteiger partial charge on any atom is 0.317 e. The first-order valence-corrected chi connectivity index (χ1v) is 9.53. The third-order valence-corrected chi connectivity index (χ3v) is 5.69. The lowest BCUT2D eigenvalue weighted by molar-refractivity contribution is 0.0915. The molecule has 2 aromatic carbocycles. The van der Waals surface area contributed by atoms with Crippen molar-refractivity contribution < 1.29 is 18.4 Å². The van der Waals surface area contributed by atoms with Gasteiger partial charge in [0.1, 0.15) is 11.6 Å². The molecular weight excluding hydrogens is 378 g/mol. The summed E-state index contributed by atoms with van der Waals surface area (Å²) >= 11 is 0. The molecule has 0 radical (unpaired) electrons. The van der Waals surface area contributed by atoms with E-state index in [1.807, 2.05) is 0 Å². The van der Waals surface area contributed by atoms with Crippen LogP contribution in [0, 0.1) is 11.6 Å². The van der Waals surface area contributed by atoms with E-state index in [1.165, 1.54) is 24.3 Å². The monoisotopic (exact) mass is 400 g/mol. The van der Waals surface area contributed by atoms with Gasteiger partial charge in [0.15, 0.2) is 5.78 Å². The molecule has 29 heavy (non-hydrogen) atoms. The number of amides is 2. The average Bonchev–Trinajstić information content (AvgIpc) is 2.70. The molecule has 1 spiro atoms. The number of nitrogens with zero attached hydrogens (tertiary/aromatic N) is 1. The standard InChI is InChI=1S/C21H22F2N4O2/c22-14-2-4-18-15(10-14)19(28)11-21(26-18)5-7-27(8-6-21)20(29)25-12-13-1-3-16(23)17(24)9-13/h1-4,9-10,26H,5-8,11-12,24H2,(H,25,29). The number of piperidine rings is 1. The summed E-state index contributed by atoms with van der Waals surface area (Å²) < 4.78 is 26.7. The van der Waals surface area contributed by atoms with E-state index in [0.29, 0.717) is 42.7 Å². The van der Waals surface area contributed by atoms with Crippen molar-refractivity contribution in [3.63, 3.8) is 0 Å². The number of nitrogens with one attached hydrogen (secondary N) is 2. The maximum absolute atomic E-state index is 13.4. The zero-order valence-electron chi connectivity index (χ0n) is 15.8. The second-order valence-corrected chi connectivity index (χ2v) is 7.70. The molecule has 1 saturated heterocycles. The number of Topliss-reactive ketones (excluding diaryl/α,β-unsaturated/α-hetero) is 1. The van der Waals surface area contributed by atoms with Crippen molar-refractivity contribution in [3.8, 4) is 0 Å². The van der Waals surface area contributed by atoms with Crippen LogP contribution in [0.5, 0.6) is 0 Å². The van der Waals surface area contributed by atoms with Gasteiger partial charge in [-0.25, -0.2) is 13.6 Å². The number of benzene rings is 2. The number of carbonyl (C=O) groups is 2. The number of hydrogen-bond acceptors (Lipinski definition) is 4. The Hall–Kier alpha value is -3.16. The lowest BCUT2D eigenvalue weighted by Gasteiger charge is -2.45. The first kappa shape index (κ1) is 19.2. The molecule has 2 aliphatic heterocycles.